The number of H-pyrrole nitrogens is 2. The monoisotopic (exact) mass is 292 g/mol. The summed E-state index contributed by atoms with van der Waals surface area (Å²) < 4.78 is 0.616. The Morgan fingerprint density at radius 2 is 2.00 bits per heavy atom. The van der Waals surface area contributed by atoms with Crippen LogP contribution in [-0.4, -0.2) is 38.0 Å². The number of rotatable bonds is 3. The molecule has 0 aromatic carbocycles. The quantitative estimate of drug-likeness (QED) is 0.449. The van der Waals surface area contributed by atoms with Gasteiger partial charge in [-0.25, -0.2) is 4.79 Å². The van der Waals surface area contributed by atoms with E-state index in [9.17, 15) is 24.0 Å². The normalized spacial score (nSPS) is 10.1. The lowest BCUT2D eigenvalue weighted by molar-refractivity contribution is -0.108. The van der Waals surface area contributed by atoms with E-state index in [1.54, 1.807) is 0 Å². The molecule has 0 aliphatic heterocycles. The van der Waals surface area contributed by atoms with Gasteiger partial charge >= 0.3 is 5.69 Å². The standard InChI is InChI=1S/C10H8N6O5/c11-6-1-4(8(19)12-3-17)15-16(6)9(20)5-2-7(18)14-10(21)13-5/h1-3H,11H2,(H,12,17,19)(H2,13,14,18,21). The molecule has 2 amide bonds. The number of nitrogens with two attached hydrogens (primary N) is 1. The number of amides is 2. The lowest BCUT2D eigenvalue weighted by Crippen LogP contribution is -2.28. The van der Waals surface area contributed by atoms with Crippen LogP contribution in [0.15, 0.2) is 21.7 Å². The van der Waals surface area contributed by atoms with Gasteiger partial charge in [-0.15, -0.1) is 0 Å². The Kier molecular flexibility index (Phi) is 3.47. The van der Waals surface area contributed by atoms with Gasteiger partial charge in [0, 0.05) is 12.1 Å². The highest BCUT2D eigenvalue weighted by molar-refractivity contribution is 6.01. The van der Waals surface area contributed by atoms with Gasteiger partial charge < -0.3 is 10.7 Å². The summed E-state index contributed by atoms with van der Waals surface area (Å²) in [6.45, 7) is 0. The molecule has 2 heterocycles. The zero-order valence-corrected chi connectivity index (χ0v) is 10.2. The third-order valence-corrected chi connectivity index (χ3v) is 2.34. The summed E-state index contributed by atoms with van der Waals surface area (Å²) in [4.78, 5) is 59.8. The van der Waals surface area contributed by atoms with E-state index >= 15 is 0 Å². The largest absolute Gasteiger partial charge is 0.383 e. The number of imide groups is 1. The van der Waals surface area contributed by atoms with Crippen LogP contribution in [0.3, 0.4) is 0 Å². The predicted octanol–water partition coefficient (Wildman–Crippen LogP) is -2.58. The molecule has 2 aromatic heterocycles. The number of nitrogen functional groups attached to an aromatic ring is 1. The summed E-state index contributed by atoms with van der Waals surface area (Å²) >= 11 is 0. The van der Waals surface area contributed by atoms with Crippen LogP contribution in [0.5, 0.6) is 0 Å². The molecule has 0 saturated carbocycles. The lowest BCUT2D eigenvalue weighted by atomic mass is 10.4. The summed E-state index contributed by atoms with van der Waals surface area (Å²) in [5, 5.41) is 5.43. The Morgan fingerprint density at radius 1 is 1.29 bits per heavy atom. The lowest BCUT2D eigenvalue weighted by Gasteiger charge is -2.01. The molecule has 0 atom stereocenters. The van der Waals surface area contributed by atoms with Crippen LogP contribution in [-0.2, 0) is 4.79 Å². The Bertz CT molecular complexity index is 816. The van der Waals surface area contributed by atoms with Gasteiger partial charge in [0.1, 0.15) is 11.5 Å². The zero-order valence-electron chi connectivity index (χ0n) is 10.2. The molecule has 2 aromatic rings. The summed E-state index contributed by atoms with van der Waals surface area (Å²) in [6, 6.07) is 1.90. The molecule has 0 saturated heterocycles. The van der Waals surface area contributed by atoms with E-state index in [0.717, 1.165) is 12.1 Å². The molecule has 108 valence electrons. The average molecular weight is 292 g/mol. The van der Waals surface area contributed by atoms with Crippen molar-refractivity contribution in [3.05, 3.63) is 44.4 Å². The first kappa shape index (κ1) is 13.9. The molecule has 0 aliphatic carbocycles. The fraction of sp³-hybridized carbons (Fsp3) is 0. The van der Waals surface area contributed by atoms with E-state index < -0.39 is 23.1 Å². The van der Waals surface area contributed by atoms with Crippen molar-refractivity contribution < 1.29 is 14.4 Å². The number of nitrogens with one attached hydrogen (secondary N) is 3. The van der Waals surface area contributed by atoms with Crippen LogP contribution in [0, 0.1) is 0 Å². The van der Waals surface area contributed by atoms with Crippen molar-refractivity contribution in [3.8, 4) is 0 Å². The Balaban J connectivity index is 2.44. The first-order valence-electron chi connectivity index (χ1n) is 5.41. The fourth-order valence-electron chi connectivity index (χ4n) is 1.49. The van der Waals surface area contributed by atoms with E-state index in [4.69, 9.17) is 5.73 Å². The third kappa shape index (κ3) is 2.75. The molecule has 0 radical (unpaired) electrons. The Labute approximate surface area is 114 Å². The summed E-state index contributed by atoms with van der Waals surface area (Å²) in [7, 11) is 0. The molecule has 0 aliphatic rings. The van der Waals surface area contributed by atoms with Crippen LogP contribution in [0.2, 0.25) is 0 Å². The van der Waals surface area contributed by atoms with Crippen LogP contribution in [0.25, 0.3) is 0 Å². The number of nitrogens with zero attached hydrogens (tertiary/aromatic N) is 2. The molecule has 0 spiro atoms. The third-order valence-electron chi connectivity index (χ3n) is 2.34. The summed E-state index contributed by atoms with van der Waals surface area (Å²) in [6.07, 6.45) is 0.146. The topological polar surface area (TPSA) is 173 Å². The molecule has 11 heteroatoms. The van der Waals surface area contributed by atoms with Gasteiger partial charge in [0.25, 0.3) is 17.4 Å². The molecular weight excluding hydrogens is 284 g/mol. The molecular formula is C10H8N6O5. The molecule has 11 nitrogen and oxygen atoms in total. The summed E-state index contributed by atoms with van der Waals surface area (Å²) in [5.41, 5.74) is 3.22. The molecule has 0 bridgehead atoms. The average Bonchev–Trinajstić information content (AvgIpc) is 2.79. The SMILES string of the molecule is Nc1cc(C(=O)NC=O)nn1C(=O)c1cc(=O)[nH]c(=O)[nH]1. The molecule has 21 heavy (non-hydrogen) atoms. The number of aromatic nitrogens is 4. The Morgan fingerprint density at radius 3 is 2.62 bits per heavy atom. The van der Waals surface area contributed by atoms with Gasteiger partial charge in [0.15, 0.2) is 5.69 Å². The van der Waals surface area contributed by atoms with E-state index in [1.165, 1.54) is 0 Å². The van der Waals surface area contributed by atoms with Crippen molar-refractivity contribution in [1.29, 1.82) is 0 Å². The highest BCUT2D eigenvalue weighted by Gasteiger charge is 2.19. The maximum Gasteiger partial charge on any atom is 0.326 e. The van der Waals surface area contributed by atoms with E-state index in [-0.39, 0.29) is 23.6 Å². The van der Waals surface area contributed by atoms with Gasteiger partial charge in [-0.05, 0) is 0 Å². The maximum absolute atomic E-state index is 12.1. The highest BCUT2D eigenvalue weighted by atomic mass is 16.2. The predicted molar refractivity (Wildman–Crippen MR) is 67.6 cm³/mol. The first-order valence-corrected chi connectivity index (χ1v) is 5.41. The number of hydrogen-bond acceptors (Lipinski definition) is 7. The van der Waals surface area contributed by atoms with Crippen LogP contribution in [0.4, 0.5) is 5.82 Å². The van der Waals surface area contributed by atoms with Crippen molar-refractivity contribution in [1.82, 2.24) is 25.1 Å². The van der Waals surface area contributed by atoms with Gasteiger partial charge in [-0.2, -0.15) is 9.78 Å². The van der Waals surface area contributed by atoms with Gasteiger partial charge in [-0.1, -0.05) is 0 Å². The number of carbonyl (C=O) groups is 3. The second kappa shape index (κ2) is 5.24. The second-order valence-electron chi connectivity index (χ2n) is 3.76. The van der Waals surface area contributed by atoms with Crippen molar-refractivity contribution in [3.63, 3.8) is 0 Å². The number of anilines is 1. The van der Waals surface area contributed by atoms with E-state index in [2.05, 4.69) is 10.1 Å². The van der Waals surface area contributed by atoms with Crippen molar-refractivity contribution >= 4 is 24.0 Å². The van der Waals surface area contributed by atoms with Crippen LogP contribution < -0.4 is 22.3 Å². The van der Waals surface area contributed by atoms with Crippen molar-refractivity contribution in [2.75, 3.05) is 5.73 Å². The highest BCUT2D eigenvalue weighted by Crippen LogP contribution is 2.08. The van der Waals surface area contributed by atoms with Crippen molar-refractivity contribution in [2.45, 2.75) is 0 Å². The number of carbonyl (C=O) groups excluding carboxylic acids is 3. The molecule has 0 fully saturated rings. The van der Waals surface area contributed by atoms with Gasteiger partial charge in [0.2, 0.25) is 6.41 Å². The van der Waals surface area contributed by atoms with Crippen molar-refractivity contribution in [2.24, 2.45) is 0 Å². The Hall–Kier alpha value is -3.50. The fourth-order valence-corrected chi connectivity index (χ4v) is 1.49. The summed E-state index contributed by atoms with van der Waals surface area (Å²) in [5.74, 6) is -1.99. The second-order valence-corrected chi connectivity index (χ2v) is 3.76. The van der Waals surface area contributed by atoms with E-state index in [1.807, 2.05) is 10.3 Å². The minimum absolute atomic E-state index is 0.146. The first-order chi connectivity index (χ1) is 9.92. The molecule has 0 unspecified atom stereocenters. The maximum atomic E-state index is 12.1. The van der Waals surface area contributed by atoms with Gasteiger partial charge in [-0.3, -0.25) is 29.5 Å². The zero-order chi connectivity index (χ0) is 15.6. The minimum atomic E-state index is -0.916. The van der Waals surface area contributed by atoms with Gasteiger partial charge in [0.05, 0.1) is 0 Å². The number of hydrogen-bond donors (Lipinski definition) is 4. The van der Waals surface area contributed by atoms with Crippen LogP contribution in [0.1, 0.15) is 21.0 Å². The van der Waals surface area contributed by atoms with Crippen LogP contribution >= 0.6 is 0 Å². The molecule has 5 N–H and O–H groups in total. The number of aromatic amines is 2. The smallest absolute Gasteiger partial charge is 0.326 e. The molecule has 2 rings (SSSR count). The minimum Gasteiger partial charge on any atom is -0.383 e. The van der Waals surface area contributed by atoms with E-state index in [0.29, 0.717) is 4.68 Å².